The van der Waals surface area contributed by atoms with Crippen LogP contribution in [0.25, 0.3) is 0 Å². The van der Waals surface area contributed by atoms with Crippen molar-refractivity contribution >= 4 is 5.91 Å². The minimum Gasteiger partial charge on any atom is -0.381 e. The Balaban J connectivity index is 1.50. The summed E-state index contributed by atoms with van der Waals surface area (Å²) in [6.45, 7) is 5.37. The summed E-state index contributed by atoms with van der Waals surface area (Å²) in [5.41, 5.74) is 2.78. The fourth-order valence-corrected chi connectivity index (χ4v) is 3.02. The van der Waals surface area contributed by atoms with Crippen molar-refractivity contribution in [3.63, 3.8) is 0 Å². The molecule has 1 aromatic rings. The molecule has 3 heteroatoms. The molecule has 0 spiro atoms. The smallest absolute Gasteiger partial charge is 0.228 e. The van der Waals surface area contributed by atoms with Gasteiger partial charge in [0.25, 0.3) is 0 Å². The van der Waals surface area contributed by atoms with Crippen molar-refractivity contribution in [2.24, 2.45) is 11.8 Å². The van der Waals surface area contributed by atoms with Crippen LogP contribution < -0.4 is 0 Å². The number of carbonyl (C=O) groups excluding carboxylic acids is 1. The zero-order valence-electron chi connectivity index (χ0n) is 11.5. The number of likely N-dealkylation sites (tertiary alicyclic amines) is 1. The Morgan fingerprint density at radius 3 is 2.84 bits per heavy atom. The van der Waals surface area contributed by atoms with Crippen LogP contribution in [-0.2, 0) is 16.0 Å². The van der Waals surface area contributed by atoms with Crippen molar-refractivity contribution in [3.8, 4) is 0 Å². The second-order valence-electron chi connectivity index (χ2n) is 5.80. The molecular formula is C16H21NO2. The number of rotatable bonds is 3. The maximum absolute atomic E-state index is 12.1. The van der Waals surface area contributed by atoms with Crippen molar-refractivity contribution in [1.82, 2.24) is 4.90 Å². The van der Waals surface area contributed by atoms with Crippen molar-refractivity contribution in [3.05, 3.63) is 35.4 Å². The summed E-state index contributed by atoms with van der Waals surface area (Å²) >= 11 is 0. The molecule has 2 heterocycles. The van der Waals surface area contributed by atoms with Gasteiger partial charge in [0.2, 0.25) is 5.91 Å². The highest BCUT2D eigenvalue weighted by molar-refractivity contribution is 5.80. The first-order chi connectivity index (χ1) is 9.24. The molecule has 3 rings (SSSR count). The highest BCUT2D eigenvalue weighted by Crippen LogP contribution is 2.25. The summed E-state index contributed by atoms with van der Waals surface area (Å²) in [7, 11) is 0. The second kappa shape index (κ2) is 5.33. The van der Waals surface area contributed by atoms with Crippen molar-refractivity contribution in [2.45, 2.75) is 19.8 Å². The van der Waals surface area contributed by atoms with Gasteiger partial charge in [0.1, 0.15) is 0 Å². The molecule has 1 aromatic carbocycles. The van der Waals surface area contributed by atoms with Crippen LogP contribution in [0.1, 0.15) is 17.5 Å². The third kappa shape index (κ3) is 2.66. The number of benzene rings is 1. The van der Waals surface area contributed by atoms with Gasteiger partial charge in [0.15, 0.2) is 0 Å². The molecule has 2 saturated heterocycles. The molecule has 2 aliphatic heterocycles. The lowest BCUT2D eigenvalue weighted by molar-refractivity contribution is -0.141. The lowest BCUT2D eigenvalue weighted by Crippen LogP contribution is -2.52. The largest absolute Gasteiger partial charge is 0.381 e. The van der Waals surface area contributed by atoms with E-state index in [1.165, 1.54) is 11.1 Å². The molecule has 1 amide bonds. The van der Waals surface area contributed by atoms with E-state index in [1.807, 2.05) is 4.90 Å². The number of carbonyl (C=O) groups is 1. The second-order valence-corrected chi connectivity index (χ2v) is 5.80. The fourth-order valence-electron chi connectivity index (χ4n) is 3.02. The van der Waals surface area contributed by atoms with E-state index in [4.69, 9.17) is 4.74 Å². The Morgan fingerprint density at radius 2 is 2.16 bits per heavy atom. The van der Waals surface area contributed by atoms with Crippen LogP contribution in [0, 0.1) is 18.8 Å². The van der Waals surface area contributed by atoms with Crippen LogP contribution >= 0.6 is 0 Å². The van der Waals surface area contributed by atoms with Gasteiger partial charge in [0.05, 0.1) is 12.5 Å². The molecule has 0 N–H and O–H groups in total. The molecule has 0 aromatic heterocycles. The summed E-state index contributed by atoms with van der Waals surface area (Å²) in [5.74, 6) is 1.06. The normalized spacial score (nSPS) is 23.4. The van der Waals surface area contributed by atoms with Gasteiger partial charge in [-0.2, -0.15) is 0 Å². The van der Waals surface area contributed by atoms with Crippen molar-refractivity contribution in [2.75, 3.05) is 26.3 Å². The first-order valence-corrected chi connectivity index (χ1v) is 7.15. The molecule has 1 atom stereocenters. The molecule has 3 nitrogen and oxygen atoms in total. The van der Waals surface area contributed by atoms with E-state index < -0.39 is 0 Å². The maximum Gasteiger partial charge on any atom is 0.228 e. The Kier molecular flexibility index (Phi) is 3.56. The highest BCUT2D eigenvalue weighted by Gasteiger charge is 2.35. The zero-order chi connectivity index (χ0) is 13.2. The van der Waals surface area contributed by atoms with E-state index in [0.29, 0.717) is 18.4 Å². The van der Waals surface area contributed by atoms with Crippen LogP contribution in [-0.4, -0.2) is 37.1 Å². The average Bonchev–Trinajstić information content (AvgIpc) is 2.88. The first-order valence-electron chi connectivity index (χ1n) is 7.15. The summed E-state index contributed by atoms with van der Waals surface area (Å²) in [6, 6.07) is 8.53. The van der Waals surface area contributed by atoms with Crippen LogP contribution in [0.3, 0.4) is 0 Å². The van der Waals surface area contributed by atoms with E-state index in [2.05, 4.69) is 31.2 Å². The fraction of sp³-hybridized carbons (Fsp3) is 0.562. The van der Waals surface area contributed by atoms with E-state index in [9.17, 15) is 4.79 Å². The van der Waals surface area contributed by atoms with Gasteiger partial charge >= 0.3 is 0 Å². The standard InChI is InChI=1S/C16H21NO2/c1-12-4-2-3-5-14(12)8-13-9-17(10-13)16(18)15-6-7-19-11-15/h2-5,13,15H,6-11H2,1H3. The number of hydrogen-bond donors (Lipinski definition) is 0. The highest BCUT2D eigenvalue weighted by atomic mass is 16.5. The summed E-state index contributed by atoms with van der Waals surface area (Å²) in [6.07, 6.45) is 2.00. The number of amides is 1. The van der Waals surface area contributed by atoms with Crippen LogP contribution in [0.2, 0.25) is 0 Å². The van der Waals surface area contributed by atoms with Crippen LogP contribution in [0.5, 0.6) is 0 Å². The van der Waals surface area contributed by atoms with Crippen molar-refractivity contribution < 1.29 is 9.53 Å². The number of ether oxygens (including phenoxy) is 1. The minimum absolute atomic E-state index is 0.124. The molecule has 2 fully saturated rings. The van der Waals surface area contributed by atoms with E-state index >= 15 is 0 Å². The van der Waals surface area contributed by atoms with Crippen LogP contribution in [0.4, 0.5) is 0 Å². The zero-order valence-corrected chi connectivity index (χ0v) is 11.5. The summed E-state index contributed by atoms with van der Waals surface area (Å²) < 4.78 is 5.29. The molecule has 2 aliphatic rings. The van der Waals surface area contributed by atoms with Gasteiger partial charge in [-0.3, -0.25) is 4.79 Å². The molecule has 0 bridgehead atoms. The molecule has 102 valence electrons. The third-order valence-corrected chi connectivity index (χ3v) is 4.32. The van der Waals surface area contributed by atoms with Crippen molar-refractivity contribution in [1.29, 1.82) is 0 Å². The first kappa shape index (κ1) is 12.7. The summed E-state index contributed by atoms with van der Waals surface area (Å²) in [5, 5.41) is 0. The predicted molar refractivity (Wildman–Crippen MR) is 73.9 cm³/mol. The number of hydrogen-bond acceptors (Lipinski definition) is 2. The average molecular weight is 259 g/mol. The SMILES string of the molecule is Cc1ccccc1CC1CN(C(=O)C2CCOC2)C1. The monoisotopic (exact) mass is 259 g/mol. The van der Waals surface area contributed by atoms with E-state index in [1.54, 1.807) is 0 Å². The maximum atomic E-state index is 12.1. The van der Waals surface area contributed by atoms with Gasteiger partial charge in [-0.1, -0.05) is 24.3 Å². The molecule has 0 aliphatic carbocycles. The quantitative estimate of drug-likeness (QED) is 0.831. The van der Waals surface area contributed by atoms with Gasteiger partial charge in [-0.25, -0.2) is 0 Å². The number of aryl methyl sites for hydroxylation is 1. The van der Waals surface area contributed by atoms with E-state index in [-0.39, 0.29) is 5.92 Å². The third-order valence-electron chi connectivity index (χ3n) is 4.32. The summed E-state index contributed by atoms with van der Waals surface area (Å²) in [4.78, 5) is 14.1. The van der Waals surface area contributed by atoms with Gasteiger partial charge in [0, 0.05) is 19.7 Å². The van der Waals surface area contributed by atoms with Gasteiger partial charge in [-0.15, -0.1) is 0 Å². The van der Waals surface area contributed by atoms with Gasteiger partial charge < -0.3 is 9.64 Å². The number of nitrogens with zero attached hydrogens (tertiary/aromatic N) is 1. The Hall–Kier alpha value is -1.35. The van der Waals surface area contributed by atoms with Gasteiger partial charge in [-0.05, 0) is 36.8 Å². The predicted octanol–water partition coefficient (Wildman–Crippen LogP) is 2.03. The Morgan fingerprint density at radius 1 is 1.37 bits per heavy atom. The Labute approximate surface area is 114 Å². The molecule has 1 unspecified atom stereocenters. The lowest BCUT2D eigenvalue weighted by atomic mass is 9.89. The van der Waals surface area contributed by atoms with Crippen LogP contribution in [0.15, 0.2) is 24.3 Å². The Bertz CT molecular complexity index is 460. The topological polar surface area (TPSA) is 29.5 Å². The minimum atomic E-state index is 0.124. The molecular weight excluding hydrogens is 238 g/mol. The molecule has 0 saturated carbocycles. The molecule has 0 radical (unpaired) electrons. The molecule has 19 heavy (non-hydrogen) atoms. The lowest BCUT2D eigenvalue weighted by Gasteiger charge is -2.40. The van der Waals surface area contributed by atoms with E-state index in [0.717, 1.165) is 32.5 Å².